The van der Waals surface area contributed by atoms with Crippen LogP contribution in [0.5, 0.6) is 0 Å². The molecule has 3 aromatic heterocycles. The standard InChI is InChI=1S/C30H29N8O4/c1-19-4-3-5-21(14-19)22-17-31-38(18-22)30-32-24-16-25(42-28(24)29(33-30)35-10-12-41-13-11-35)23-15-20(2)37(34-23)9-8-36-26(39)6-7-27(36)40/h3-7,14,16-18H,8-13,15H2,1-2H3/q+1. The van der Waals surface area contributed by atoms with Crippen LogP contribution >= 0.6 is 0 Å². The molecule has 12 nitrogen and oxygen atoms in total. The molecule has 3 aliphatic heterocycles. The number of fused-ring (bicyclic) bond motifs is 1. The van der Waals surface area contributed by atoms with Gasteiger partial charge in [-0.25, -0.2) is 9.67 Å². The molecule has 12 heteroatoms. The number of hydrogen-bond donors (Lipinski definition) is 0. The van der Waals surface area contributed by atoms with Crippen LogP contribution in [0.4, 0.5) is 5.82 Å². The molecular formula is C30H29N8O4+. The van der Waals surface area contributed by atoms with Gasteiger partial charge in [0.2, 0.25) is 0 Å². The normalized spacial score (nSPS) is 17.3. The summed E-state index contributed by atoms with van der Waals surface area (Å²) in [4.78, 5) is 37.0. The van der Waals surface area contributed by atoms with Gasteiger partial charge in [0.1, 0.15) is 5.52 Å². The van der Waals surface area contributed by atoms with Gasteiger partial charge in [-0.3, -0.25) is 14.5 Å². The average Bonchev–Trinajstić information content (AvgIpc) is 3.79. The second-order valence-corrected chi connectivity index (χ2v) is 10.6. The SMILES string of the molecule is CC1=[N+](CCN2C(=O)C=CC2=O)N=C(c2cc3nc(-n4cc(-c5cccc(C)c5)cn4)nc(N4CCOCC4)c3o2)C1. The third-order valence-electron chi connectivity index (χ3n) is 7.62. The number of anilines is 1. The quantitative estimate of drug-likeness (QED) is 0.248. The van der Waals surface area contributed by atoms with Gasteiger partial charge in [0, 0.05) is 50.0 Å². The van der Waals surface area contributed by atoms with Crippen LogP contribution in [0.3, 0.4) is 0 Å². The molecule has 42 heavy (non-hydrogen) atoms. The fourth-order valence-corrected chi connectivity index (χ4v) is 5.37. The lowest BCUT2D eigenvalue weighted by Crippen LogP contribution is -2.37. The van der Waals surface area contributed by atoms with Crippen LogP contribution in [0.1, 0.15) is 24.7 Å². The van der Waals surface area contributed by atoms with Crippen LogP contribution in [-0.4, -0.2) is 92.0 Å². The Morgan fingerprint density at radius 1 is 1.00 bits per heavy atom. The third-order valence-corrected chi connectivity index (χ3v) is 7.62. The van der Waals surface area contributed by atoms with E-state index in [0.29, 0.717) is 67.9 Å². The Labute approximate surface area is 241 Å². The van der Waals surface area contributed by atoms with Gasteiger partial charge in [-0.15, -0.1) is 0 Å². The summed E-state index contributed by atoms with van der Waals surface area (Å²) >= 11 is 0. The van der Waals surface area contributed by atoms with Gasteiger partial charge in [-0.05, 0) is 17.6 Å². The maximum atomic E-state index is 11.9. The molecule has 3 aliphatic rings. The molecule has 4 aromatic rings. The molecular weight excluding hydrogens is 536 g/mol. The fraction of sp³-hybridized carbons (Fsp3) is 0.300. The summed E-state index contributed by atoms with van der Waals surface area (Å²) in [5, 5.41) is 9.34. The first-order chi connectivity index (χ1) is 20.4. The number of imide groups is 1. The average molecular weight is 566 g/mol. The van der Waals surface area contributed by atoms with Crippen LogP contribution in [-0.2, 0) is 14.3 Å². The van der Waals surface area contributed by atoms with Gasteiger partial charge in [0.05, 0.1) is 32.4 Å². The van der Waals surface area contributed by atoms with E-state index in [1.807, 2.05) is 36.1 Å². The zero-order chi connectivity index (χ0) is 28.8. The van der Waals surface area contributed by atoms with E-state index in [4.69, 9.17) is 24.2 Å². The van der Waals surface area contributed by atoms with Crippen molar-refractivity contribution in [3.05, 3.63) is 66.2 Å². The van der Waals surface area contributed by atoms with Crippen LogP contribution in [0.15, 0.2) is 64.4 Å². The fourth-order valence-electron chi connectivity index (χ4n) is 5.37. The molecule has 0 spiro atoms. The Morgan fingerprint density at radius 3 is 2.60 bits per heavy atom. The topological polar surface area (TPSA) is 122 Å². The van der Waals surface area contributed by atoms with Crippen molar-refractivity contribution in [3.8, 4) is 17.1 Å². The van der Waals surface area contributed by atoms with E-state index < -0.39 is 0 Å². The molecule has 1 saturated heterocycles. The number of aryl methyl sites for hydroxylation is 1. The van der Waals surface area contributed by atoms with Crippen molar-refractivity contribution in [2.24, 2.45) is 5.10 Å². The highest BCUT2D eigenvalue weighted by Gasteiger charge is 2.31. The first-order valence-electron chi connectivity index (χ1n) is 13.9. The predicted molar refractivity (Wildman–Crippen MR) is 155 cm³/mol. The zero-order valence-electron chi connectivity index (χ0n) is 23.4. The van der Waals surface area contributed by atoms with E-state index in [1.54, 1.807) is 4.68 Å². The molecule has 1 fully saturated rings. The number of carbonyl (C=O) groups excluding carboxylic acids is 2. The van der Waals surface area contributed by atoms with Crippen LogP contribution in [0.25, 0.3) is 28.2 Å². The molecule has 2 amide bonds. The molecule has 0 saturated carbocycles. The van der Waals surface area contributed by atoms with E-state index in [9.17, 15) is 9.59 Å². The second kappa shape index (κ2) is 10.5. The van der Waals surface area contributed by atoms with Crippen molar-refractivity contribution in [1.29, 1.82) is 0 Å². The van der Waals surface area contributed by atoms with Crippen LogP contribution < -0.4 is 4.90 Å². The molecule has 0 bridgehead atoms. The number of aromatic nitrogens is 4. The van der Waals surface area contributed by atoms with Crippen molar-refractivity contribution < 1.29 is 23.4 Å². The summed E-state index contributed by atoms with van der Waals surface area (Å²) in [5.41, 5.74) is 6.21. The van der Waals surface area contributed by atoms with E-state index in [1.165, 1.54) is 22.6 Å². The van der Waals surface area contributed by atoms with Crippen molar-refractivity contribution in [2.45, 2.75) is 20.3 Å². The first kappa shape index (κ1) is 26.0. The number of ether oxygens (including phenoxy) is 1. The van der Waals surface area contributed by atoms with Gasteiger partial charge >= 0.3 is 0 Å². The molecule has 0 radical (unpaired) electrons. The lowest BCUT2D eigenvalue weighted by Gasteiger charge is -2.27. The number of hydrazone groups is 1. The highest BCUT2D eigenvalue weighted by atomic mass is 16.5. The number of carbonyl (C=O) groups is 2. The van der Waals surface area contributed by atoms with E-state index in [-0.39, 0.29) is 18.4 Å². The van der Waals surface area contributed by atoms with Gasteiger partial charge in [0.25, 0.3) is 17.8 Å². The Bertz CT molecular complexity index is 1810. The molecule has 0 unspecified atom stereocenters. The van der Waals surface area contributed by atoms with Gasteiger partial charge in [0.15, 0.2) is 35.1 Å². The lowest BCUT2D eigenvalue weighted by molar-refractivity contribution is -0.530. The summed E-state index contributed by atoms with van der Waals surface area (Å²) < 4.78 is 15.5. The lowest BCUT2D eigenvalue weighted by atomic mass is 10.1. The number of nitrogens with zero attached hydrogens (tertiary/aromatic N) is 8. The number of amides is 2. The summed E-state index contributed by atoms with van der Waals surface area (Å²) in [7, 11) is 0. The predicted octanol–water partition coefficient (Wildman–Crippen LogP) is 2.73. The molecule has 212 valence electrons. The molecule has 0 aliphatic carbocycles. The Morgan fingerprint density at radius 2 is 1.81 bits per heavy atom. The summed E-state index contributed by atoms with van der Waals surface area (Å²) in [6, 6.07) is 10.2. The highest BCUT2D eigenvalue weighted by Crippen LogP contribution is 2.30. The number of hydrogen-bond acceptors (Lipinski definition) is 9. The number of rotatable bonds is 7. The van der Waals surface area contributed by atoms with Gasteiger partial charge < -0.3 is 14.1 Å². The molecule has 7 rings (SSSR count). The van der Waals surface area contributed by atoms with E-state index in [2.05, 4.69) is 35.1 Å². The monoisotopic (exact) mass is 565 g/mol. The van der Waals surface area contributed by atoms with Crippen molar-refractivity contribution >= 4 is 40.2 Å². The van der Waals surface area contributed by atoms with Crippen molar-refractivity contribution in [1.82, 2.24) is 24.6 Å². The van der Waals surface area contributed by atoms with Crippen LogP contribution in [0, 0.1) is 6.92 Å². The minimum atomic E-state index is -0.299. The minimum Gasteiger partial charge on any atom is -0.449 e. The third kappa shape index (κ3) is 4.79. The molecule has 1 aromatic carbocycles. The molecule has 6 heterocycles. The molecule has 0 N–H and O–H groups in total. The van der Waals surface area contributed by atoms with Crippen molar-refractivity contribution in [3.63, 3.8) is 0 Å². The second-order valence-electron chi connectivity index (χ2n) is 10.6. The Kier molecular flexibility index (Phi) is 6.46. The van der Waals surface area contributed by atoms with Crippen LogP contribution in [0.2, 0.25) is 0 Å². The Hall–Kier alpha value is -4.97. The molecule has 0 atom stereocenters. The van der Waals surface area contributed by atoms with E-state index >= 15 is 0 Å². The van der Waals surface area contributed by atoms with Gasteiger partial charge in [-0.1, -0.05) is 34.5 Å². The Balaban J connectivity index is 1.21. The number of furan rings is 1. The first-order valence-corrected chi connectivity index (χ1v) is 13.9. The number of morpholine rings is 1. The highest BCUT2D eigenvalue weighted by molar-refractivity contribution is 6.13. The number of benzene rings is 1. The van der Waals surface area contributed by atoms with Crippen molar-refractivity contribution in [2.75, 3.05) is 44.3 Å². The zero-order valence-corrected chi connectivity index (χ0v) is 23.4. The smallest absolute Gasteiger partial charge is 0.253 e. The maximum absolute atomic E-state index is 11.9. The minimum absolute atomic E-state index is 0.253. The van der Waals surface area contributed by atoms with E-state index in [0.717, 1.165) is 22.6 Å². The van der Waals surface area contributed by atoms with Gasteiger partial charge in [-0.2, -0.15) is 10.1 Å². The summed E-state index contributed by atoms with van der Waals surface area (Å²) in [6.07, 6.45) is 6.91. The summed E-state index contributed by atoms with van der Waals surface area (Å²) in [6.45, 7) is 7.26. The summed E-state index contributed by atoms with van der Waals surface area (Å²) in [5.74, 6) is 1.13. The largest absolute Gasteiger partial charge is 0.449 e. The maximum Gasteiger partial charge on any atom is 0.253 e.